The first kappa shape index (κ1) is 12.2. The van der Waals surface area contributed by atoms with Crippen LogP contribution in [0.3, 0.4) is 0 Å². The Balaban J connectivity index is 1.77. The lowest BCUT2D eigenvalue weighted by atomic mass is 9.78. The zero-order valence-corrected chi connectivity index (χ0v) is 11.0. The lowest BCUT2D eigenvalue weighted by molar-refractivity contribution is -0.114. The standard InChI is InChI=1S/C14H23N3O/c15-11-13-16-7-8-17(13)12-4-9-18-14(10-12)5-2-1-3-6-14/h7-8,12H,1-6,9-11,15H2. The van der Waals surface area contributed by atoms with E-state index in [0.717, 1.165) is 25.3 Å². The van der Waals surface area contributed by atoms with Gasteiger partial charge >= 0.3 is 0 Å². The summed E-state index contributed by atoms with van der Waals surface area (Å²) in [6.45, 7) is 1.41. The predicted molar refractivity (Wildman–Crippen MR) is 70.2 cm³/mol. The van der Waals surface area contributed by atoms with Gasteiger partial charge in [-0.2, -0.15) is 0 Å². The van der Waals surface area contributed by atoms with Gasteiger partial charge in [0.15, 0.2) is 0 Å². The zero-order valence-electron chi connectivity index (χ0n) is 11.0. The van der Waals surface area contributed by atoms with Gasteiger partial charge in [0.25, 0.3) is 0 Å². The minimum atomic E-state index is 0.150. The summed E-state index contributed by atoms with van der Waals surface area (Å²) in [7, 11) is 0. The fourth-order valence-corrected chi connectivity index (χ4v) is 3.62. The van der Waals surface area contributed by atoms with Crippen LogP contribution in [0.4, 0.5) is 0 Å². The van der Waals surface area contributed by atoms with Crippen molar-refractivity contribution in [1.29, 1.82) is 0 Å². The molecule has 2 heterocycles. The molecule has 1 saturated carbocycles. The minimum Gasteiger partial charge on any atom is -0.375 e. The number of ether oxygens (including phenoxy) is 1. The van der Waals surface area contributed by atoms with Gasteiger partial charge in [0, 0.05) is 25.0 Å². The molecule has 0 bridgehead atoms. The second kappa shape index (κ2) is 5.02. The van der Waals surface area contributed by atoms with Crippen LogP contribution in [0, 0.1) is 0 Å². The van der Waals surface area contributed by atoms with E-state index in [1.54, 1.807) is 0 Å². The number of nitrogens with two attached hydrogens (primary N) is 1. The summed E-state index contributed by atoms with van der Waals surface area (Å²) in [5.74, 6) is 1.01. The van der Waals surface area contributed by atoms with Crippen LogP contribution in [-0.2, 0) is 11.3 Å². The molecule has 1 spiro atoms. The lowest BCUT2D eigenvalue weighted by Crippen LogP contribution is -2.42. The molecule has 2 N–H and O–H groups in total. The van der Waals surface area contributed by atoms with Gasteiger partial charge in [-0.25, -0.2) is 4.98 Å². The third-order valence-corrected chi connectivity index (χ3v) is 4.56. The van der Waals surface area contributed by atoms with E-state index in [0.29, 0.717) is 12.6 Å². The lowest BCUT2D eigenvalue weighted by Gasteiger charge is -2.44. The maximum atomic E-state index is 6.14. The molecule has 1 unspecified atom stereocenters. The first-order chi connectivity index (χ1) is 8.83. The quantitative estimate of drug-likeness (QED) is 0.875. The molecule has 3 rings (SSSR count). The monoisotopic (exact) mass is 249 g/mol. The molecule has 1 atom stereocenters. The molecular weight excluding hydrogens is 226 g/mol. The van der Waals surface area contributed by atoms with Crippen LogP contribution in [-0.4, -0.2) is 21.8 Å². The average Bonchev–Trinajstić information content (AvgIpc) is 2.88. The largest absolute Gasteiger partial charge is 0.375 e. The topological polar surface area (TPSA) is 53.1 Å². The van der Waals surface area contributed by atoms with E-state index in [1.807, 2.05) is 6.20 Å². The number of aromatic nitrogens is 2. The highest BCUT2D eigenvalue weighted by Crippen LogP contribution is 2.42. The fourth-order valence-electron chi connectivity index (χ4n) is 3.62. The fraction of sp³-hybridized carbons (Fsp3) is 0.786. The molecule has 4 nitrogen and oxygen atoms in total. The van der Waals surface area contributed by atoms with Crippen molar-refractivity contribution in [3.63, 3.8) is 0 Å². The van der Waals surface area contributed by atoms with Crippen LogP contribution in [0.15, 0.2) is 12.4 Å². The Hall–Kier alpha value is -0.870. The van der Waals surface area contributed by atoms with Gasteiger partial charge in [0.2, 0.25) is 0 Å². The first-order valence-electron chi connectivity index (χ1n) is 7.19. The minimum absolute atomic E-state index is 0.150. The first-order valence-corrected chi connectivity index (χ1v) is 7.19. The molecule has 1 aromatic heterocycles. The predicted octanol–water partition coefficient (Wildman–Crippen LogP) is 2.40. The van der Waals surface area contributed by atoms with E-state index in [1.165, 1.54) is 32.1 Å². The van der Waals surface area contributed by atoms with E-state index in [9.17, 15) is 0 Å². The number of hydrogen-bond acceptors (Lipinski definition) is 3. The molecule has 2 aliphatic rings. The maximum Gasteiger partial charge on any atom is 0.122 e. The molecule has 1 aliphatic heterocycles. The summed E-state index contributed by atoms with van der Waals surface area (Å²) in [5.41, 5.74) is 5.91. The van der Waals surface area contributed by atoms with E-state index in [4.69, 9.17) is 10.5 Å². The van der Waals surface area contributed by atoms with Crippen LogP contribution >= 0.6 is 0 Å². The number of rotatable bonds is 2. The van der Waals surface area contributed by atoms with Gasteiger partial charge in [0.1, 0.15) is 5.82 Å². The van der Waals surface area contributed by atoms with Gasteiger partial charge < -0.3 is 15.0 Å². The molecule has 1 aliphatic carbocycles. The van der Waals surface area contributed by atoms with Crippen LogP contribution in [0.2, 0.25) is 0 Å². The van der Waals surface area contributed by atoms with Crippen molar-refractivity contribution in [2.75, 3.05) is 6.61 Å². The molecule has 0 aromatic carbocycles. The maximum absolute atomic E-state index is 6.14. The Labute approximate surface area is 109 Å². The Morgan fingerprint density at radius 1 is 1.39 bits per heavy atom. The van der Waals surface area contributed by atoms with Crippen molar-refractivity contribution in [2.24, 2.45) is 5.73 Å². The highest BCUT2D eigenvalue weighted by Gasteiger charge is 2.39. The van der Waals surface area contributed by atoms with Gasteiger partial charge in [-0.05, 0) is 25.7 Å². The molecule has 1 aromatic rings. The molecule has 100 valence electrons. The molecule has 1 saturated heterocycles. The highest BCUT2D eigenvalue weighted by atomic mass is 16.5. The van der Waals surface area contributed by atoms with Crippen LogP contribution < -0.4 is 5.73 Å². The average molecular weight is 249 g/mol. The Kier molecular flexibility index (Phi) is 3.39. The Bertz CT molecular complexity index is 390. The van der Waals surface area contributed by atoms with Crippen molar-refractivity contribution < 1.29 is 4.74 Å². The second-order valence-electron chi connectivity index (χ2n) is 5.69. The van der Waals surface area contributed by atoms with Gasteiger partial charge in [-0.1, -0.05) is 19.3 Å². The molecular formula is C14H23N3O. The Morgan fingerprint density at radius 2 is 2.22 bits per heavy atom. The van der Waals surface area contributed by atoms with E-state index in [-0.39, 0.29) is 5.60 Å². The zero-order chi connectivity index (χ0) is 12.4. The summed E-state index contributed by atoms with van der Waals surface area (Å²) in [6.07, 6.45) is 12.6. The van der Waals surface area contributed by atoms with Crippen LogP contribution in [0.1, 0.15) is 56.8 Å². The normalized spacial score (nSPS) is 27.5. The molecule has 18 heavy (non-hydrogen) atoms. The van der Waals surface area contributed by atoms with Gasteiger partial charge in [-0.3, -0.25) is 0 Å². The van der Waals surface area contributed by atoms with Crippen molar-refractivity contribution >= 4 is 0 Å². The summed E-state index contributed by atoms with van der Waals surface area (Å²) in [5, 5.41) is 0. The van der Waals surface area contributed by atoms with Crippen molar-refractivity contribution in [3.05, 3.63) is 18.2 Å². The molecule has 0 radical (unpaired) electrons. The smallest absolute Gasteiger partial charge is 0.122 e. The van der Waals surface area contributed by atoms with Gasteiger partial charge in [0.05, 0.1) is 12.1 Å². The Morgan fingerprint density at radius 3 is 3.00 bits per heavy atom. The summed E-state index contributed by atoms with van der Waals surface area (Å²) in [4.78, 5) is 4.34. The third-order valence-electron chi connectivity index (χ3n) is 4.56. The van der Waals surface area contributed by atoms with E-state index >= 15 is 0 Å². The van der Waals surface area contributed by atoms with Crippen molar-refractivity contribution in [3.8, 4) is 0 Å². The van der Waals surface area contributed by atoms with Crippen LogP contribution in [0.5, 0.6) is 0 Å². The summed E-state index contributed by atoms with van der Waals surface area (Å²) in [6, 6.07) is 0.526. The van der Waals surface area contributed by atoms with Crippen molar-refractivity contribution in [1.82, 2.24) is 9.55 Å². The second-order valence-corrected chi connectivity index (χ2v) is 5.69. The SMILES string of the molecule is NCc1nccn1C1CCOC2(CCCCC2)C1. The molecule has 0 amide bonds. The van der Waals surface area contributed by atoms with E-state index < -0.39 is 0 Å². The molecule has 4 heteroatoms. The van der Waals surface area contributed by atoms with Gasteiger partial charge in [-0.15, -0.1) is 0 Å². The number of hydrogen-bond donors (Lipinski definition) is 1. The number of imidazole rings is 1. The third kappa shape index (κ3) is 2.19. The van der Waals surface area contributed by atoms with Crippen molar-refractivity contribution in [2.45, 2.75) is 63.1 Å². The summed E-state index contributed by atoms with van der Waals surface area (Å²) >= 11 is 0. The number of nitrogens with zero attached hydrogens (tertiary/aromatic N) is 2. The van der Waals surface area contributed by atoms with Crippen LogP contribution in [0.25, 0.3) is 0 Å². The summed E-state index contributed by atoms with van der Waals surface area (Å²) < 4.78 is 8.42. The highest BCUT2D eigenvalue weighted by molar-refractivity contribution is 4.99. The van der Waals surface area contributed by atoms with E-state index in [2.05, 4.69) is 15.7 Å². The molecule has 2 fully saturated rings.